The van der Waals surface area contributed by atoms with Crippen LogP contribution in [0.25, 0.3) is 5.57 Å². The summed E-state index contributed by atoms with van der Waals surface area (Å²) in [4.78, 5) is 30.4. The molecule has 2 heterocycles. The van der Waals surface area contributed by atoms with Crippen LogP contribution in [0.3, 0.4) is 0 Å². The molecule has 5 heteroatoms. The summed E-state index contributed by atoms with van der Waals surface area (Å²) in [6.45, 7) is 0.816. The standard InChI is InChI=1S/C25H19ClN2O2/c26-20-12-6-4-11-19(20)16-28-24(29)22(18-9-2-1-3-10-18)23(25(28)30)27-15-14-17-8-5-7-13-21(17)27/h1-13H,14-16H2. The van der Waals surface area contributed by atoms with Crippen molar-refractivity contribution < 1.29 is 9.59 Å². The first kappa shape index (κ1) is 18.6. The number of benzene rings is 3. The third-order valence-corrected chi connectivity index (χ3v) is 6.02. The number of carbonyl (C=O) groups excluding carboxylic acids is 2. The summed E-state index contributed by atoms with van der Waals surface area (Å²) in [5.74, 6) is -0.569. The van der Waals surface area contributed by atoms with E-state index in [1.165, 1.54) is 10.5 Å². The summed E-state index contributed by atoms with van der Waals surface area (Å²) >= 11 is 6.31. The van der Waals surface area contributed by atoms with E-state index in [2.05, 4.69) is 6.07 Å². The molecule has 0 atom stereocenters. The highest BCUT2D eigenvalue weighted by molar-refractivity contribution is 6.37. The van der Waals surface area contributed by atoms with Crippen LogP contribution in [0.2, 0.25) is 5.02 Å². The zero-order valence-corrected chi connectivity index (χ0v) is 17.0. The average molecular weight is 415 g/mol. The Morgan fingerprint density at radius 2 is 1.50 bits per heavy atom. The maximum atomic E-state index is 13.6. The number of amides is 2. The molecule has 2 aliphatic rings. The van der Waals surface area contributed by atoms with Crippen molar-refractivity contribution in [1.82, 2.24) is 4.90 Å². The van der Waals surface area contributed by atoms with E-state index in [1.54, 1.807) is 6.07 Å². The SMILES string of the molecule is O=C1C(c2ccccc2)=C(N2CCc3ccccc32)C(=O)N1Cc1ccccc1Cl. The zero-order valence-electron chi connectivity index (χ0n) is 16.2. The van der Waals surface area contributed by atoms with Crippen molar-refractivity contribution in [3.63, 3.8) is 0 Å². The lowest BCUT2D eigenvalue weighted by Gasteiger charge is -2.22. The van der Waals surface area contributed by atoms with Crippen LogP contribution in [0, 0.1) is 0 Å². The first-order valence-corrected chi connectivity index (χ1v) is 10.3. The van der Waals surface area contributed by atoms with E-state index < -0.39 is 0 Å². The molecular weight excluding hydrogens is 396 g/mol. The van der Waals surface area contributed by atoms with Gasteiger partial charge in [-0.15, -0.1) is 0 Å². The van der Waals surface area contributed by atoms with Crippen molar-refractivity contribution >= 4 is 34.7 Å². The number of nitrogens with zero attached hydrogens (tertiary/aromatic N) is 2. The maximum Gasteiger partial charge on any atom is 0.278 e. The van der Waals surface area contributed by atoms with Gasteiger partial charge in [-0.1, -0.05) is 78.3 Å². The normalized spacial score (nSPS) is 15.9. The fourth-order valence-corrected chi connectivity index (χ4v) is 4.39. The molecule has 0 saturated heterocycles. The van der Waals surface area contributed by atoms with E-state index in [1.807, 2.05) is 71.6 Å². The molecule has 0 bridgehead atoms. The van der Waals surface area contributed by atoms with Gasteiger partial charge in [0.2, 0.25) is 0 Å². The van der Waals surface area contributed by atoms with Gasteiger partial charge in [0.05, 0.1) is 12.1 Å². The molecule has 148 valence electrons. The van der Waals surface area contributed by atoms with Crippen molar-refractivity contribution in [2.45, 2.75) is 13.0 Å². The molecule has 3 aromatic rings. The molecule has 0 fully saturated rings. The highest BCUT2D eigenvalue weighted by Crippen LogP contribution is 2.39. The van der Waals surface area contributed by atoms with Gasteiger partial charge in [-0.25, -0.2) is 0 Å². The Bertz CT molecular complexity index is 1190. The van der Waals surface area contributed by atoms with Gasteiger partial charge >= 0.3 is 0 Å². The number of hydrogen-bond donors (Lipinski definition) is 0. The van der Waals surface area contributed by atoms with Crippen LogP contribution in [0.15, 0.2) is 84.6 Å². The Balaban J connectivity index is 1.61. The second-order valence-corrected chi connectivity index (χ2v) is 7.82. The molecule has 2 aliphatic heterocycles. The molecule has 4 nitrogen and oxygen atoms in total. The molecule has 0 N–H and O–H groups in total. The highest BCUT2D eigenvalue weighted by atomic mass is 35.5. The van der Waals surface area contributed by atoms with Crippen LogP contribution >= 0.6 is 11.6 Å². The molecule has 3 aromatic carbocycles. The number of anilines is 1. The summed E-state index contributed by atoms with van der Waals surface area (Å²) in [6, 6.07) is 24.8. The number of para-hydroxylation sites is 1. The van der Waals surface area contributed by atoms with Crippen LogP contribution in [-0.2, 0) is 22.6 Å². The second-order valence-electron chi connectivity index (χ2n) is 7.41. The first-order chi connectivity index (χ1) is 14.6. The average Bonchev–Trinajstić information content (AvgIpc) is 3.30. The van der Waals surface area contributed by atoms with E-state index in [0.717, 1.165) is 23.2 Å². The number of hydrogen-bond acceptors (Lipinski definition) is 3. The van der Waals surface area contributed by atoms with Crippen molar-refractivity contribution in [2.75, 3.05) is 11.4 Å². The molecular formula is C25H19ClN2O2. The quantitative estimate of drug-likeness (QED) is 0.582. The van der Waals surface area contributed by atoms with Crippen molar-refractivity contribution in [3.05, 3.63) is 106 Å². The number of carbonyl (C=O) groups is 2. The summed E-state index contributed by atoms with van der Waals surface area (Å²) in [5.41, 5.74) is 4.56. The van der Waals surface area contributed by atoms with Crippen molar-refractivity contribution in [2.24, 2.45) is 0 Å². The summed E-state index contributed by atoms with van der Waals surface area (Å²) < 4.78 is 0. The van der Waals surface area contributed by atoms with Crippen LogP contribution < -0.4 is 4.90 Å². The Morgan fingerprint density at radius 1 is 0.800 bits per heavy atom. The zero-order chi connectivity index (χ0) is 20.7. The molecule has 0 radical (unpaired) electrons. The maximum absolute atomic E-state index is 13.6. The van der Waals surface area contributed by atoms with Gasteiger partial charge in [-0.2, -0.15) is 0 Å². The summed E-state index contributed by atoms with van der Waals surface area (Å²) in [5, 5.41) is 0.541. The lowest BCUT2D eigenvalue weighted by Crippen LogP contribution is -2.34. The Hall–Kier alpha value is -3.37. The van der Waals surface area contributed by atoms with Crippen LogP contribution in [0.5, 0.6) is 0 Å². The molecule has 0 saturated carbocycles. The summed E-state index contributed by atoms with van der Waals surface area (Å²) in [6.07, 6.45) is 0.841. The minimum absolute atomic E-state index is 0.145. The number of imide groups is 1. The summed E-state index contributed by atoms with van der Waals surface area (Å²) in [7, 11) is 0. The largest absolute Gasteiger partial charge is 0.336 e. The van der Waals surface area contributed by atoms with Gasteiger partial charge in [0, 0.05) is 17.3 Å². The van der Waals surface area contributed by atoms with E-state index in [4.69, 9.17) is 11.6 Å². The fourth-order valence-electron chi connectivity index (χ4n) is 4.19. The Morgan fingerprint density at radius 3 is 2.30 bits per heavy atom. The lowest BCUT2D eigenvalue weighted by atomic mass is 10.0. The first-order valence-electron chi connectivity index (χ1n) is 9.90. The van der Waals surface area contributed by atoms with Crippen LogP contribution in [0.1, 0.15) is 16.7 Å². The highest BCUT2D eigenvalue weighted by Gasteiger charge is 2.43. The molecule has 2 amide bonds. The monoisotopic (exact) mass is 414 g/mol. The van der Waals surface area contributed by atoms with Gasteiger partial charge in [0.25, 0.3) is 11.8 Å². The number of halogens is 1. The fraction of sp³-hybridized carbons (Fsp3) is 0.120. The van der Waals surface area contributed by atoms with Crippen LogP contribution in [0.4, 0.5) is 5.69 Å². The lowest BCUT2D eigenvalue weighted by molar-refractivity contribution is -0.137. The Kier molecular flexibility index (Phi) is 4.64. The molecule has 0 spiro atoms. The van der Waals surface area contributed by atoms with Gasteiger partial charge in [-0.3, -0.25) is 14.5 Å². The molecule has 0 aliphatic carbocycles. The number of fused-ring (bicyclic) bond motifs is 1. The van der Waals surface area contributed by atoms with E-state index in [-0.39, 0.29) is 18.4 Å². The minimum Gasteiger partial charge on any atom is -0.336 e. The van der Waals surface area contributed by atoms with Crippen molar-refractivity contribution in [1.29, 1.82) is 0 Å². The van der Waals surface area contributed by atoms with Gasteiger partial charge in [0.15, 0.2) is 0 Å². The molecule has 0 unspecified atom stereocenters. The van der Waals surface area contributed by atoms with Gasteiger partial charge in [0.1, 0.15) is 5.70 Å². The predicted octanol–water partition coefficient (Wildman–Crippen LogP) is 4.68. The Labute approximate surface area is 180 Å². The third-order valence-electron chi connectivity index (χ3n) is 5.65. The molecule has 30 heavy (non-hydrogen) atoms. The van der Waals surface area contributed by atoms with E-state index in [9.17, 15) is 9.59 Å². The van der Waals surface area contributed by atoms with E-state index >= 15 is 0 Å². The topological polar surface area (TPSA) is 40.6 Å². The van der Waals surface area contributed by atoms with E-state index in [0.29, 0.717) is 22.8 Å². The second kappa shape index (κ2) is 7.47. The van der Waals surface area contributed by atoms with Gasteiger partial charge in [-0.05, 0) is 35.2 Å². The minimum atomic E-state index is -0.287. The molecule has 0 aromatic heterocycles. The van der Waals surface area contributed by atoms with Crippen LogP contribution in [-0.4, -0.2) is 23.3 Å². The van der Waals surface area contributed by atoms with Gasteiger partial charge < -0.3 is 4.90 Å². The predicted molar refractivity (Wildman–Crippen MR) is 118 cm³/mol. The molecule has 5 rings (SSSR count). The smallest absolute Gasteiger partial charge is 0.278 e. The third kappa shape index (κ3) is 3.01. The van der Waals surface area contributed by atoms with Crippen molar-refractivity contribution in [3.8, 4) is 0 Å². The number of rotatable bonds is 4.